The highest BCUT2D eigenvalue weighted by Crippen LogP contribution is 2.27. The second-order valence-corrected chi connectivity index (χ2v) is 5.57. The summed E-state index contributed by atoms with van der Waals surface area (Å²) in [6.45, 7) is 2.21. The number of thiazole rings is 1. The summed E-state index contributed by atoms with van der Waals surface area (Å²) in [6.07, 6.45) is 3.30. The molecule has 1 aliphatic carbocycles. The second kappa shape index (κ2) is 4.91. The summed E-state index contributed by atoms with van der Waals surface area (Å²) in [6, 6.07) is 0.289. The number of aromatic nitrogens is 1. The number of carbonyl (C=O) groups is 1. The van der Waals surface area contributed by atoms with Gasteiger partial charge in [-0.15, -0.1) is 0 Å². The van der Waals surface area contributed by atoms with Crippen LogP contribution in [-0.4, -0.2) is 24.0 Å². The minimum Gasteiger partial charge on any atom is -0.382 e. The van der Waals surface area contributed by atoms with E-state index in [1.54, 1.807) is 7.05 Å². The Balaban J connectivity index is 2.01. The predicted octanol–water partition coefficient (Wildman–Crippen LogP) is 1.69. The van der Waals surface area contributed by atoms with Crippen LogP contribution in [0.3, 0.4) is 0 Å². The molecule has 1 amide bonds. The van der Waals surface area contributed by atoms with Gasteiger partial charge in [0.25, 0.3) is 5.91 Å². The molecule has 0 aromatic carbocycles. The number of nitrogen functional groups attached to an aromatic ring is 1. The largest absolute Gasteiger partial charge is 0.382 e. The number of nitrogens with one attached hydrogen (secondary N) is 2. The number of hydrogen-bond donors (Lipinski definition) is 3. The quantitative estimate of drug-likeness (QED) is 0.766. The third-order valence-electron chi connectivity index (χ3n) is 3.10. The molecule has 1 aliphatic rings. The molecule has 0 spiro atoms. The lowest BCUT2D eigenvalue weighted by atomic mass is 10.1. The molecule has 2 atom stereocenters. The molecule has 6 heteroatoms. The first-order valence-corrected chi connectivity index (χ1v) is 6.66. The Morgan fingerprint density at radius 2 is 2.29 bits per heavy atom. The van der Waals surface area contributed by atoms with E-state index >= 15 is 0 Å². The topological polar surface area (TPSA) is 80.0 Å². The Bertz CT molecular complexity index is 418. The van der Waals surface area contributed by atoms with Crippen LogP contribution in [-0.2, 0) is 0 Å². The maximum atomic E-state index is 12.0. The van der Waals surface area contributed by atoms with Crippen LogP contribution in [0, 0.1) is 5.92 Å². The highest BCUT2D eigenvalue weighted by atomic mass is 32.1. The number of amides is 1. The number of nitrogens with zero attached hydrogens (tertiary/aromatic N) is 1. The van der Waals surface area contributed by atoms with Gasteiger partial charge in [-0.05, 0) is 25.2 Å². The van der Waals surface area contributed by atoms with Crippen molar-refractivity contribution in [3.63, 3.8) is 0 Å². The van der Waals surface area contributed by atoms with Gasteiger partial charge in [0, 0.05) is 13.1 Å². The molecule has 2 rings (SSSR count). The van der Waals surface area contributed by atoms with Crippen molar-refractivity contribution < 1.29 is 4.79 Å². The van der Waals surface area contributed by atoms with E-state index in [1.165, 1.54) is 17.8 Å². The fourth-order valence-electron chi connectivity index (χ4n) is 2.19. The van der Waals surface area contributed by atoms with Gasteiger partial charge in [0.05, 0.1) is 0 Å². The van der Waals surface area contributed by atoms with E-state index in [9.17, 15) is 4.79 Å². The van der Waals surface area contributed by atoms with Crippen LogP contribution in [0.1, 0.15) is 35.9 Å². The third kappa shape index (κ3) is 2.69. The zero-order valence-electron chi connectivity index (χ0n) is 10.1. The summed E-state index contributed by atoms with van der Waals surface area (Å²) in [4.78, 5) is 16.6. The van der Waals surface area contributed by atoms with Gasteiger partial charge in [0.1, 0.15) is 10.7 Å². The van der Waals surface area contributed by atoms with Crippen molar-refractivity contribution in [1.82, 2.24) is 10.3 Å². The highest BCUT2D eigenvalue weighted by molar-refractivity contribution is 7.18. The predicted molar refractivity (Wildman–Crippen MR) is 70.3 cm³/mol. The maximum Gasteiger partial charge on any atom is 0.265 e. The lowest BCUT2D eigenvalue weighted by Gasteiger charge is -2.11. The first kappa shape index (κ1) is 12.2. The molecule has 1 aromatic rings. The number of hydrogen-bond acceptors (Lipinski definition) is 5. The van der Waals surface area contributed by atoms with E-state index in [0.29, 0.717) is 21.7 Å². The van der Waals surface area contributed by atoms with Gasteiger partial charge in [-0.2, -0.15) is 0 Å². The lowest BCUT2D eigenvalue weighted by Crippen LogP contribution is -2.32. The molecule has 1 aromatic heterocycles. The van der Waals surface area contributed by atoms with E-state index in [4.69, 9.17) is 5.73 Å². The fraction of sp³-hybridized carbons (Fsp3) is 0.636. The van der Waals surface area contributed by atoms with Crippen LogP contribution in [0.2, 0.25) is 0 Å². The van der Waals surface area contributed by atoms with Crippen molar-refractivity contribution in [1.29, 1.82) is 0 Å². The number of carbonyl (C=O) groups excluding carboxylic acids is 1. The summed E-state index contributed by atoms with van der Waals surface area (Å²) in [7, 11) is 1.76. The van der Waals surface area contributed by atoms with Crippen LogP contribution >= 0.6 is 11.3 Å². The molecule has 1 saturated carbocycles. The molecule has 0 aliphatic heterocycles. The number of rotatable bonds is 3. The molecule has 1 fully saturated rings. The smallest absolute Gasteiger partial charge is 0.265 e. The molecule has 0 saturated heterocycles. The van der Waals surface area contributed by atoms with Crippen LogP contribution in [0.15, 0.2) is 0 Å². The first-order valence-electron chi connectivity index (χ1n) is 5.85. The lowest BCUT2D eigenvalue weighted by molar-refractivity contribution is 0.0942. The third-order valence-corrected chi connectivity index (χ3v) is 4.19. The van der Waals surface area contributed by atoms with Crippen molar-refractivity contribution in [3.8, 4) is 0 Å². The minimum atomic E-state index is -0.0967. The SMILES string of the molecule is CNc1nc(N)c(C(=O)NC2CCC(C)C2)s1. The molecule has 94 valence electrons. The summed E-state index contributed by atoms with van der Waals surface area (Å²) in [5.74, 6) is 0.912. The Morgan fingerprint density at radius 1 is 1.53 bits per heavy atom. The van der Waals surface area contributed by atoms with Crippen LogP contribution in [0.4, 0.5) is 10.9 Å². The Hall–Kier alpha value is -1.30. The van der Waals surface area contributed by atoms with Gasteiger partial charge in [-0.1, -0.05) is 18.3 Å². The standard InChI is InChI=1S/C11H18N4OS/c1-6-3-4-7(5-6)14-10(16)8-9(12)15-11(13-2)17-8/h6-7H,3-5,12H2,1-2H3,(H,13,15)(H,14,16). The molecular formula is C11H18N4OS. The van der Waals surface area contributed by atoms with Gasteiger partial charge < -0.3 is 16.4 Å². The molecule has 17 heavy (non-hydrogen) atoms. The summed E-state index contributed by atoms with van der Waals surface area (Å²) in [5.41, 5.74) is 5.72. The van der Waals surface area contributed by atoms with Crippen molar-refractivity contribution in [2.45, 2.75) is 32.2 Å². The van der Waals surface area contributed by atoms with Crippen LogP contribution < -0.4 is 16.4 Å². The van der Waals surface area contributed by atoms with Crippen molar-refractivity contribution in [2.24, 2.45) is 5.92 Å². The number of anilines is 2. The monoisotopic (exact) mass is 254 g/mol. The van der Waals surface area contributed by atoms with E-state index in [2.05, 4.69) is 22.5 Å². The van der Waals surface area contributed by atoms with Gasteiger partial charge in [-0.25, -0.2) is 4.98 Å². The Kier molecular flexibility index (Phi) is 3.51. The summed E-state index contributed by atoms with van der Waals surface area (Å²) < 4.78 is 0. The molecule has 1 heterocycles. The van der Waals surface area contributed by atoms with Crippen LogP contribution in [0.25, 0.3) is 0 Å². The number of nitrogens with two attached hydrogens (primary N) is 1. The second-order valence-electron chi connectivity index (χ2n) is 4.57. The average Bonchev–Trinajstić information content (AvgIpc) is 2.85. The van der Waals surface area contributed by atoms with Gasteiger partial charge in [0.15, 0.2) is 5.13 Å². The normalized spacial score (nSPS) is 23.6. The van der Waals surface area contributed by atoms with Crippen molar-refractivity contribution in [3.05, 3.63) is 4.88 Å². The Labute approximate surface area is 105 Å². The molecule has 4 N–H and O–H groups in total. The zero-order valence-corrected chi connectivity index (χ0v) is 10.9. The Morgan fingerprint density at radius 3 is 2.82 bits per heavy atom. The fourth-order valence-corrected chi connectivity index (χ4v) is 2.93. The molecule has 0 bridgehead atoms. The van der Waals surface area contributed by atoms with Gasteiger partial charge >= 0.3 is 0 Å². The summed E-state index contributed by atoms with van der Waals surface area (Å²) in [5, 5.41) is 6.59. The zero-order chi connectivity index (χ0) is 12.4. The van der Waals surface area contributed by atoms with Crippen LogP contribution in [0.5, 0.6) is 0 Å². The van der Waals surface area contributed by atoms with E-state index in [-0.39, 0.29) is 11.9 Å². The molecule has 0 radical (unpaired) electrons. The average molecular weight is 254 g/mol. The van der Waals surface area contributed by atoms with Crippen molar-refractivity contribution >= 4 is 28.2 Å². The van der Waals surface area contributed by atoms with Gasteiger partial charge in [-0.3, -0.25) is 4.79 Å². The summed E-state index contributed by atoms with van der Waals surface area (Å²) >= 11 is 1.29. The highest BCUT2D eigenvalue weighted by Gasteiger charge is 2.25. The molecule has 2 unspecified atom stereocenters. The molecule has 5 nitrogen and oxygen atoms in total. The van der Waals surface area contributed by atoms with E-state index in [0.717, 1.165) is 12.8 Å². The molecular weight excluding hydrogens is 236 g/mol. The van der Waals surface area contributed by atoms with Crippen molar-refractivity contribution in [2.75, 3.05) is 18.1 Å². The minimum absolute atomic E-state index is 0.0967. The van der Waals surface area contributed by atoms with E-state index in [1.807, 2.05) is 0 Å². The van der Waals surface area contributed by atoms with Gasteiger partial charge in [0.2, 0.25) is 0 Å². The maximum absolute atomic E-state index is 12.0. The first-order chi connectivity index (χ1) is 8.10. The van der Waals surface area contributed by atoms with E-state index < -0.39 is 0 Å².